The fourth-order valence-corrected chi connectivity index (χ4v) is 3.18. The summed E-state index contributed by atoms with van der Waals surface area (Å²) in [5, 5.41) is 4.38. The molecule has 0 heterocycles. The van der Waals surface area contributed by atoms with Gasteiger partial charge in [-0.05, 0) is 38.3 Å². The summed E-state index contributed by atoms with van der Waals surface area (Å²) in [5.74, 6) is 1.46. The number of nitrogens with one attached hydrogen (secondary N) is 1. The van der Waals surface area contributed by atoms with Crippen molar-refractivity contribution >= 4 is 11.6 Å². The highest BCUT2D eigenvalue weighted by molar-refractivity contribution is 6.31. The monoisotopic (exact) mass is 325 g/mol. The summed E-state index contributed by atoms with van der Waals surface area (Å²) >= 11 is 6.42. The number of benzene rings is 1. The van der Waals surface area contributed by atoms with Gasteiger partial charge in [-0.15, -0.1) is 0 Å². The molecule has 0 unspecified atom stereocenters. The topological polar surface area (TPSA) is 30.5 Å². The highest BCUT2D eigenvalue weighted by Gasteiger charge is 2.15. The van der Waals surface area contributed by atoms with Gasteiger partial charge in [0.15, 0.2) is 11.5 Å². The number of halogens is 1. The molecule has 0 amide bonds. The third-order valence-corrected chi connectivity index (χ3v) is 4.48. The molecule has 1 fully saturated rings. The Morgan fingerprint density at radius 1 is 1.14 bits per heavy atom. The Morgan fingerprint density at radius 2 is 1.82 bits per heavy atom. The standard InChI is InChI=1S/C18H28ClNO2/c1-13(2)22-18-11-16(19)14(10-17(18)21-3)12-20-15-8-6-4-5-7-9-15/h10-11,13,15,20H,4-9,12H2,1-3H3. The molecule has 0 radical (unpaired) electrons. The molecular weight excluding hydrogens is 298 g/mol. The molecule has 22 heavy (non-hydrogen) atoms. The average Bonchev–Trinajstić information content (AvgIpc) is 2.74. The Hall–Kier alpha value is -0.930. The van der Waals surface area contributed by atoms with Crippen LogP contribution in [0.15, 0.2) is 12.1 Å². The molecule has 0 saturated heterocycles. The zero-order valence-electron chi connectivity index (χ0n) is 14.0. The summed E-state index contributed by atoms with van der Waals surface area (Å²) in [5.41, 5.74) is 1.07. The van der Waals surface area contributed by atoms with E-state index in [-0.39, 0.29) is 6.10 Å². The van der Waals surface area contributed by atoms with E-state index < -0.39 is 0 Å². The van der Waals surface area contributed by atoms with E-state index in [0.29, 0.717) is 11.8 Å². The van der Waals surface area contributed by atoms with E-state index in [1.165, 1.54) is 38.5 Å². The first-order chi connectivity index (χ1) is 10.6. The Bertz CT molecular complexity index is 468. The van der Waals surface area contributed by atoms with Crippen LogP contribution in [0.3, 0.4) is 0 Å². The smallest absolute Gasteiger partial charge is 0.163 e. The van der Waals surface area contributed by atoms with E-state index in [4.69, 9.17) is 21.1 Å². The van der Waals surface area contributed by atoms with Crippen molar-refractivity contribution in [2.45, 2.75) is 71.1 Å². The molecule has 0 spiro atoms. The molecule has 4 heteroatoms. The van der Waals surface area contributed by atoms with Gasteiger partial charge in [-0.3, -0.25) is 0 Å². The predicted octanol–water partition coefficient (Wildman–Crippen LogP) is 4.95. The second-order valence-electron chi connectivity index (χ2n) is 6.33. The summed E-state index contributed by atoms with van der Waals surface area (Å²) < 4.78 is 11.2. The van der Waals surface area contributed by atoms with Crippen LogP contribution in [-0.4, -0.2) is 19.3 Å². The second-order valence-corrected chi connectivity index (χ2v) is 6.74. The van der Waals surface area contributed by atoms with Gasteiger partial charge in [0.25, 0.3) is 0 Å². The molecule has 1 N–H and O–H groups in total. The van der Waals surface area contributed by atoms with Gasteiger partial charge in [0, 0.05) is 23.7 Å². The maximum absolute atomic E-state index is 6.42. The van der Waals surface area contributed by atoms with Gasteiger partial charge in [0.05, 0.1) is 13.2 Å². The van der Waals surface area contributed by atoms with Crippen molar-refractivity contribution in [3.8, 4) is 11.5 Å². The maximum Gasteiger partial charge on any atom is 0.163 e. The summed E-state index contributed by atoms with van der Waals surface area (Å²) in [7, 11) is 1.67. The lowest BCUT2D eigenvalue weighted by atomic mass is 10.1. The SMILES string of the molecule is COc1cc(CNC2CCCCCC2)c(Cl)cc1OC(C)C. The Balaban J connectivity index is 2.03. The molecule has 124 valence electrons. The first kappa shape index (κ1) is 17.4. The highest BCUT2D eigenvalue weighted by Crippen LogP contribution is 2.34. The number of rotatable bonds is 6. The first-order valence-electron chi connectivity index (χ1n) is 8.36. The maximum atomic E-state index is 6.42. The van der Waals surface area contributed by atoms with Gasteiger partial charge in [-0.25, -0.2) is 0 Å². The molecular formula is C18H28ClNO2. The molecule has 0 aromatic heterocycles. The van der Waals surface area contributed by atoms with Crippen LogP contribution < -0.4 is 14.8 Å². The molecule has 0 atom stereocenters. The van der Waals surface area contributed by atoms with Crippen molar-refractivity contribution in [1.82, 2.24) is 5.32 Å². The van der Waals surface area contributed by atoms with Crippen LogP contribution in [0.25, 0.3) is 0 Å². The molecule has 1 saturated carbocycles. The normalized spacial score (nSPS) is 16.6. The van der Waals surface area contributed by atoms with E-state index >= 15 is 0 Å². The van der Waals surface area contributed by atoms with E-state index in [2.05, 4.69) is 5.32 Å². The van der Waals surface area contributed by atoms with Crippen molar-refractivity contribution in [1.29, 1.82) is 0 Å². The number of hydrogen-bond acceptors (Lipinski definition) is 3. The highest BCUT2D eigenvalue weighted by atomic mass is 35.5. The molecule has 1 aromatic rings. The van der Waals surface area contributed by atoms with Crippen LogP contribution in [0.5, 0.6) is 11.5 Å². The number of hydrogen-bond donors (Lipinski definition) is 1. The van der Waals surface area contributed by atoms with Crippen molar-refractivity contribution in [3.63, 3.8) is 0 Å². The van der Waals surface area contributed by atoms with E-state index in [1.54, 1.807) is 7.11 Å². The van der Waals surface area contributed by atoms with Crippen molar-refractivity contribution in [2.24, 2.45) is 0 Å². The van der Waals surface area contributed by atoms with Crippen LogP contribution >= 0.6 is 11.6 Å². The third-order valence-electron chi connectivity index (χ3n) is 4.13. The minimum atomic E-state index is 0.0972. The minimum absolute atomic E-state index is 0.0972. The van der Waals surface area contributed by atoms with Gasteiger partial charge in [-0.2, -0.15) is 0 Å². The zero-order chi connectivity index (χ0) is 15.9. The van der Waals surface area contributed by atoms with Crippen LogP contribution in [0.2, 0.25) is 5.02 Å². The largest absolute Gasteiger partial charge is 0.493 e. The predicted molar refractivity (Wildman–Crippen MR) is 92.1 cm³/mol. The van der Waals surface area contributed by atoms with Gasteiger partial charge in [0.1, 0.15) is 0 Å². The van der Waals surface area contributed by atoms with Crippen molar-refractivity contribution < 1.29 is 9.47 Å². The van der Waals surface area contributed by atoms with Crippen LogP contribution in [0.1, 0.15) is 57.9 Å². The van der Waals surface area contributed by atoms with E-state index in [9.17, 15) is 0 Å². The fraction of sp³-hybridized carbons (Fsp3) is 0.667. The molecule has 1 aliphatic carbocycles. The lowest BCUT2D eigenvalue weighted by molar-refractivity contribution is 0.230. The molecule has 3 nitrogen and oxygen atoms in total. The van der Waals surface area contributed by atoms with Gasteiger partial charge < -0.3 is 14.8 Å². The number of methoxy groups -OCH3 is 1. The lowest BCUT2D eigenvalue weighted by Crippen LogP contribution is -2.28. The second kappa shape index (κ2) is 8.64. The van der Waals surface area contributed by atoms with Crippen molar-refractivity contribution in [3.05, 3.63) is 22.7 Å². The zero-order valence-corrected chi connectivity index (χ0v) is 14.7. The molecule has 2 rings (SSSR count). The van der Waals surface area contributed by atoms with Gasteiger partial charge >= 0.3 is 0 Å². The molecule has 0 aliphatic heterocycles. The average molecular weight is 326 g/mol. The molecule has 1 aromatic carbocycles. The van der Waals surface area contributed by atoms with E-state index in [0.717, 1.165) is 22.9 Å². The Kier molecular flexibility index (Phi) is 6.84. The lowest BCUT2D eigenvalue weighted by Gasteiger charge is -2.19. The molecule has 1 aliphatic rings. The fourth-order valence-electron chi connectivity index (χ4n) is 2.96. The van der Waals surface area contributed by atoms with Crippen molar-refractivity contribution in [2.75, 3.05) is 7.11 Å². The first-order valence-corrected chi connectivity index (χ1v) is 8.74. The Morgan fingerprint density at radius 3 is 2.41 bits per heavy atom. The summed E-state index contributed by atoms with van der Waals surface area (Å²) in [4.78, 5) is 0. The summed E-state index contributed by atoms with van der Waals surface area (Å²) in [6.45, 7) is 4.77. The molecule has 0 bridgehead atoms. The van der Waals surface area contributed by atoms with Crippen LogP contribution in [-0.2, 0) is 6.54 Å². The van der Waals surface area contributed by atoms with E-state index in [1.807, 2.05) is 26.0 Å². The Labute approximate surface area is 139 Å². The quantitative estimate of drug-likeness (QED) is 0.751. The number of ether oxygens (including phenoxy) is 2. The van der Waals surface area contributed by atoms with Crippen LogP contribution in [0.4, 0.5) is 0 Å². The van der Waals surface area contributed by atoms with Crippen LogP contribution in [0, 0.1) is 0 Å². The van der Waals surface area contributed by atoms with Gasteiger partial charge in [-0.1, -0.05) is 37.3 Å². The summed E-state index contributed by atoms with van der Waals surface area (Å²) in [6, 6.07) is 4.46. The van der Waals surface area contributed by atoms with Gasteiger partial charge in [0.2, 0.25) is 0 Å². The minimum Gasteiger partial charge on any atom is -0.493 e. The third kappa shape index (κ3) is 5.06. The summed E-state index contributed by atoms with van der Waals surface area (Å²) in [6.07, 6.45) is 8.03.